The van der Waals surface area contributed by atoms with Crippen LogP contribution < -0.4 is 5.56 Å². The molecule has 0 aliphatic carbocycles. The molecule has 2 N–H and O–H groups in total. The second-order valence-corrected chi connectivity index (χ2v) is 11.7. The van der Waals surface area contributed by atoms with Crippen LogP contribution in [0.2, 0.25) is 0 Å². The third kappa shape index (κ3) is 6.84. The Morgan fingerprint density at radius 3 is 2.19 bits per heavy atom. The zero-order chi connectivity index (χ0) is 34.0. The summed E-state index contributed by atoms with van der Waals surface area (Å²) in [6, 6.07) is 29.0. The number of H-pyrrole nitrogens is 1. The first-order valence-corrected chi connectivity index (χ1v) is 15.3. The van der Waals surface area contributed by atoms with Crippen LogP contribution in [0.4, 0.5) is 17.6 Å². The molecule has 246 valence electrons. The normalized spacial score (nSPS) is 14.2. The molecule has 0 spiro atoms. The predicted octanol–water partition coefficient (Wildman–Crippen LogP) is 7.10. The summed E-state index contributed by atoms with van der Waals surface area (Å²) in [5.74, 6) is -1.99. The fraction of sp³-hybridized carbons (Fsp3) is 0.222. The molecule has 0 bridgehead atoms. The van der Waals surface area contributed by atoms with Crippen LogP contribution in [0.3, 0.4) is 0 Å². The van der Waals surface area contributed by atoms with Gasteiger partial charge in [-0.25, -0.2) is 23.7 Å². The van der Waals surface area contributed by atoms with E-state index in [-0.39, 0.29) is 5.39 Å². The maximum absolute atomic E-state index is 16.3. The Bertz CT molecular complexity index is 2100. The number of carbonyl (C=O) groups is 1. The Labute approximate surface area is 272 Å². The first kappa shape index (κ1) is 32.6. The van der Waals surface area contributed by atoms with E-state index < -0.39 is 23.5 Å². The second kappa shape index (κ2) is 13.4. The Hall–Kier alpha value is -5.36. The lowest BCUT2D eigenvalue weighted by Crippen LogP contribution is -2.29. The molecule has 7 rings (SSSR count). The molecule has 0 atom stereocenters. The summed E-state index contributed by atoms with van der Waals surface area (Å²) < 4.78 is 49.4. The summed E-state index contributed by atoms with van der Waals surface area (Å²) in [6.07, 6.45) is -2.44. The largest absolute Gasteiger partial charge is 0.490 e. The van der Waals surface area contributed by atoms with E-state index in [1.165, 1.54) is 10.1 Å². The minimum atomic E-state index is -5.08. The number of aromatic amines is 1. The van der Waals surface area contributed by atoms with Gasteiger partial charge in [0.05, 0.1) is 16.6 Å². The second-order valence-electron chi connectivity index (χ2n) is 11.7. The lowest BCUT2D eigenvalue weighted by Gasteiger charge is -2.29. The van der Waals surface area contributed by atoms with Gasteiger partial charge in [-0.05, 0) is 79.9 Å². The topological polar surface area (TPSA) is 104 Å². The molecule has 0 saturated carbocycles. The molecule has 0 radical (unpaired) electrons. The molecule has 4 aromatic carbocycles. The molecule has 1 aliphatic heterocycles. The Kier molecular flexibility index (Phi) is 9.09. The average molecular weight is 658 g/mol. The smallest absolute Gasteiger partial charge is 0.475 e. The number of aromatic nitrogens is 4. The number of nitrogens with zero attached hydrogens (tertiary/aromatic N) is 4. The standard InChI is InChI=1S/C34H30FN5O.C2HF3O2/c1-39-19-17-24(18-20-39)23-11-13-25(14-12-23)26-15-16-29-31(32(26)35)33(41)40(30(36-29)21-22-7-3-2-4-8-22)34-37-27-9-5-6-10-28(27)38-34;3-2(4,5)1(6)7/h2-16,24H,17-21H2,1H3,(H,37,38);(H,6,7). The number of piperidine rings is 1. The summed E-state index contributed by atoms with van der Waals surface area (Å²) in [5, 5.41) is 7.08. The number of nitrogens with one attached hydrogen (secondary N) is 1. The molecular formula is C36H31F4N5O3. The van der Waals surface area contributed by atoms with Crippen LogP contribution in [0.1, 0.15) is 35.7 Å². The summed E-state index contributed by atoms with van der Waals surface area (Å²) >= 11 is 0. The van der Waals surface area contributed by atoms with E-state index in [2.05, 4.69) is 34.0 Å². The molecule has 1 fully saturated rings. The summed E-state index contributed by atoms with van der Waals surface area (Å²) in [6.45, 7) is 2.17. The number of fused-ring (bicyclic) bond motifs is 2. The van der Waals surface area contributed by atoms with Gasteiger partial charge in [-0.1, -0.05) is 66.7 Å². The van der Waals surface area contributed by atoms with E-state index in [9.17, 15) is 18.0 Å². The molecule has 48 heavy (non-hydrogen) atoms. The van der Waals surface area contributed by atoms with E-state index in [1.54, 1.807) is 12.1 Å². The number of carboxylic acids is 1. The van der Waals surface area contributed by atoms with Crippen molar-refractivity contribution in [2.24, 2.45) is 0 Å². The quantitative estimate of drug-likeness (QED) is 0.192. The van der Waals surface area contributed by atoms with Crippen LogP contribution >= 0.6 is 0 Å². The number of carboxylic acid groups (broad SMARTS) is 1. The Morgan fingerprint density at radius 2 is 1.54 bits per heavy atom. The molecule has 2 aromatic heterocycles. The van der Waals surface area contributed by atoms with Crippen LogP contribution in [0.25, 0.3) is 39.0 Å². The highest BCUT2D eigenvalue weighted by Crippen LogP contribution is 2.32. The highest BCUT2D eigenvalue weighted by Gasteiger charge is 2.38. The van der Waals surface area contributed by atoms with Gasteiger partial charge in [-0.3, -0.25) is 4.79 Å². The van der Waals surface area contributed by atoms with E-state index in [0.29, 0.717) is 35.2 Å². The number of rotatable bonds is 5. The molecule has 1 aliphatic rings. The first-order valence-electron chi connectivity index (χ1n) is 15.3. The van der Waals surface area contributed by atoms with Crippen molar-refractivity contribution in [3.8, 4) is 17.1 Å². The Balaban J connectivity index is 0.000000519. The number of benzene rings is 4. The van der Waals surface area contributed by atoms with E-state index in [0.717, 1.165) is 48.1 Å². The predicted molar refractivity (Wildman–Crippen MR) is 175 cm³/mol. The van der Waals surface area contributed by atoms with Gasteiger partial charge in [0.1, 0.15) is 17.0 Å². The number of alkyl halides is 3. The lowest BCUT2D eigenvalue weighted by molar-refractivity contribution is -0.192. The van der Waals surface area contributed by atoms with Gasteiger partial charge in [-0.15, -0.1) is 0 Å². The molecule has 8 nitrogen and oxygen atoms in total. The van der Waals surface area contributed by atoms with Gasteiger partial charge in [0.15, 0.2) is 0 Å². The van der Waals surface area contributed by atoms with Crippen LogP contribution in [0.15, 0.2) is 95.8 Å². The maximum atomic E-state index is 16.3. The SMILES string of the molecule is CN1CCC(c2ccc(-c3ccc4nc(Cc5ccccc5)n(-c5nc6ccccc6[nH]5)c(=O)c4c3F)cc2)CC1.O=C(O)C(F)(F)F. The number of imidazole rings is 1. The first-order chi connectivity index (χ1) is 23.0. The van der Waals surface area contributed by atoms with Crippen molar-refractivity contribution in [2.75, 3.05) is 20.1 Å². The summed E-state index contributed by atoms with van der Waals surface area (Å²) in [4.78, 5) is 38.1. The lowest BCUT2D eigenvalue weighted by atomic mass is 9.88. The number of para-hydroxylation sites is 2. The molecule has 6 aromatic rings. The van der Waals surface area contributed by atoms with Crippen molar-refractivity contribution < 1.29 is 27.5 Å². The van der Waals surface area contributed by atoms with Gasteiger partial charge >= 0.3 is 12.1 Å². The van der Waals surface area contributed by atoms with E-state index in [4.69, 9.17) is 14.9 Å². The average Bonchev–Trinajstić information content (AvgIpc) is 3.49. The van der Waals surface area contributed by atoms with Crippen molar-refractivity contribution in [3.63, 3.8) is 0 Å². The molecular weight excluding hydrogens is 626 g/mol. The van der Waals surface area contributed by atoms with Crippen molar-refractivity contribution in [3.05, 3.63) is 124 Å². The highest BCUT2D eigenvalue weighted by molar-refractivity contribution is 5.85. The van der Waals surface area contributed by atoms with Crippen molar-refractivity contribution in [1.82, 2.24) is 24.4 Å². The molecule has 3 heterocycles. The van der Waals surface area contributed by atoms with Crippen LogP contribution in [-0.4, -0.2) is 61.8 Å². The van der Waals surface area contributed by atoms with Gasteiger partial charge < -0.3 is 15.0 Å². The van der Waals surface area contributed by atoms with E-state index in [1.807, 2.05) is 66.7 Å². The van der Waals surface area contributed by atoms with Gasteiger partial charge in [0, 0.05) is 12.0 Å². The maximum Gasteiger partial charge on any atom is 0.490 e. The zero-order valence-corrected chi connectivity index (χ0v) is 25.8. The molecule has 1 saturated heterocycles. The fourth-order valence-corrected chi connectivity index (χ4v) is 5.94. The minimum Gasteiger partial charge on any atom is -0.475 e. The van der Waals surface area contributed by atoms with Gasteiger partial charge in [0.2, 0.25) is 5.95 Å². The van der Waals surface area contributed by atoms with Crippen LogP contribution in [0.5, 0.6) is 0 Å². The van der Waals surface area contributed by atoms with Gasteiger partial charge in [-0.2, -0.15) is 13.2 Å². The third-order valence-electron chi connectivity index (χ3n) is 8.49. The van der Waals surface area contributed by atoms with Crippen LogP contribution in [0, 0.1) is 5.82 Å². The minimum absolute atomic E-state index is 0.0424. The monoisotopic (exact) mass is 657 g/mol. The molecule has 12 heteroatoms. The van der Waals surface area contributed by atoms with Crippen LogP contribution in [-0.2, 0) is 11.2 Å². The number of likely N-dealkylation sites (tertiary alicyclic amines) is 1. The summed E-state index contributed by atoms with van der Waals surface area (Å²) in [7, 11) is 2.16. The zero-order valence-electron chi connectivity index (χ0n) is 25.8. The third-order valence-corrected chi connectivity index (χ3v) is 8.49. The number of halogens is 4. The van der Waals surface area contributed by atoms with Crippen molar-refractivity contribution >= 4 is 27.9 Å². The van der Waals surface area contributed by atoms with Crippen molar-refractivity contribution in [2.45, 2.75) is 31.4 Å². The van der Waals surface area contributed by atoms with Crippen molar-refractivity contribution in [1.29, 1.82) is 0 Å². The fourth-order valence-electron chi connectivity index (χ4n) is 5.94. The summed E-state index contributed by atoms with van der Waals surface area (Å²) in [5.41, 5.74) is 4.76. The Morgan fingerprint density at radius 1 is 0.896 bits per heavy atom. The van der Waals surface area contributed by atoms with E-state index >= 15 is 4.39 Å². The highest BCUT2D eigenvalue weighted by atomic mass is 19.4. The number of hydrogen-bond acceptors (Lipinski definition) is 5. The number of hydrogen-bond donors (Lipinski definition) is 2. The molecule has 0 unspecified atom stereocenters. The molecule has 0 amide bonds. The van der Waals surface area contributed by atoms with Gasteiger partial charge in [0.25, 0.3) is 5.56 Å². The number of aliphatic carboxylic acids is 1.